The number of benzene rings is 2. The van der Waals surface area contributed by atoms with Gasteiger partial charge in [0.2, 0.25) is 0 Å². The van der Waals surface area contributed by atoms with Gasteiger partial charge in [-0.25, -0.2) is 0 Å². The lowest BCUT2D eigenvalue weighted by Gasteiger charge is -2.16. The number of anilines is 1. The average Bonchev–Trinajstić information content (AvgIpc) is 2.52. The number of methoxy groups -OCH3 is 1. The molecule has 0 aromatic heterocycles. The molecule has 0 heterocycles. The topological polar surface area (TPSA) is 41.5 Å². The molecule has 2 N–H and O–H groups in total. The van der Waals surface area contributed by atoms with E-state index in [1.54, 1.807) is 19.2 Å². The van der Waals surface area contributed by atoms with Crippen LogP contribution in [0, 0.1) is 0 Å². The Hall–Kier alpha value is -1.55. The highest BCUT2D eigenvalue weighted by Crippen LogP contribution is 2.20. The Kier molecular flexibility index (Phi) is 6.05. The fourth-order valence-corrected chi connectivity index (χ4v) is 2.26. The zero-order valence-electron chi connectivity index (χ0n) is 12.1. The van der Waals surface area contributed by atoms with Crippen molar-refractivity contribution in [3.8, 4) is 0 Å². The number of aliphatic hydroxyl groups excluding tert-OH is 1. The minimum atomic E-state index is -0.572. The number of halogens is 1. The van der Waals surface area contributed by atoms with E-state index in [2.05, 4.69) is 11.4 Å². The Bertz CT molecular complexity index is 557. The zero-order valence-corrected chi connectivity index (χ0v) is 12.8. The van der Waals surface area contributed by atoms with Crippen molar-refractivity contribution in [3.05, 3.63) is 64.7 Å². The molecule has 0 saturated heterocycles. The van der Waals surface area contributed by atoms with Gasteiger partial charge in [0, 0.05) is 24.4 Å². The van der Waals surface area contributed by atoms with Gasteiger partial charge in [0.05, 0.1) is 12.7 Å². The first-order valence-corrected chi connectivity index (χ1v) is 7.32. The van der Waals surface area contributed by atoms with E-state index in [1.807, 2.05) is 30.3 Å². The maximum Gasteiger partial charge on any atom is 0.0962 e. The normalized spacial score (nSPS) is 12.1. The first-order valence-electron chi connectivity index (χ1n) is 6.95. The minimum absolute atomic E-state index is 0.450. The molecule has 21 heavy (non-hydrogen) atoms. The second-order valence-corrected chi connectivity index (χ2v) is 5.28. The van der Waals surface area contributed by atoms with E-state index in [0.717, 1.165) is 17.7 Å². The fraction of sp³-hybridized carbons (Fsp3) is 0.294. The van der Waals surface area contributed by atoms with Crippen LogP contribution in [0.2, 0.25) is 5.02 Å². The third-order valence-corrected chi connectivity index (χ3v) is 3.59. The highest BCUT2D eigenvalue weighted by Gasteiger charge is 2.08. The number of para-hydroxylation sites is 1. The molecule has 2 rings (SSSR count). The second-order valence-electron chi connectivity index (χ2n) is 4.85. The van der Waals surface area contributed by atoms with Gasteiger partial charge in [-0.3, -0.25) is 0 Å². The monoisotopic (exact) mass is 305 g/mol. The van der Waals surface area contributed by atoms with Crippen LogP contribution in [0.25, 0.3) is 0 Å². The number of hydrogen-bond donors (Lipinski definition) is 2. The molecule has 0 fully saturated rings. The Morgan fingerprint density at radius 2 is 1.86 bits per heavy atom. The first kappa shape index (κ1) is 15.8. The van der Waals surface area contributed by atoms with Crippen molar-refractivity contribution in [1.29, 1.82) is 0 Å². The van der Waals surface area contributed by atoms with Crippen molar-refractivity contribution >= 4 is 17.3 Å². The molecule has 0 saturated carbocycles. The van der Waals surface area contributed by atoms with Crippen molar-refractivity contribution in [3.63, 3.8) is 0 Å². The summed E-state index contributed by atoms with van der Waals surface area (Å²) in [5, 5.41) is 14.2. The van der Waals surface area contributed by atoms with Gasteiger partial charge < -0.3 is 15.2 Å². The van der Waals surface area contributed by atoms with Crippen LogP contribution in [0.3, 0.4) is 0 Å². The fourth-order valence-electron chi connectivity index (χ4n) is 2.13. The van der Waals surface area contributed by atoms with Crippen LogP contribution < -0.4 is 5.32 Å². The molecule has 1 atom stereocenters. The molecule has 3 nitrogen and oxygen atoms in total. The average molecular weight is 306 g/mol. The van der Waals surface area contributed by atoms with Crippen LogP contribution in [0.4, 0.5) is 5.69 Å². The molecule has 0 aliphatic heterocycles. The van der Waals surface area contributed by atoms with Gasteiger partial charge in [-0.15, -0.1) is 0 Å². The lowest BCUT2D eigenvalue weighted by Crippen LogP contribution is -2.13. The summed E-state index contributed by atoms with van der Waals surface area (Å²) in [6, 6.07) is 15.3. The number of nitrogens with one attached hydrogen (secondary N) is 1. The number of rotatable bonds is 7. The Morgan fingerprint density at radius 3 is 2.57 bits per heavy atom. The molecule has 4 heteroatoms. The Labute approximate surface area is 130 Å². The van der Waals surface area contributed by atoms with E-state index in [4.69, 9.17) is 16.3 Å². The lowest BCUT2D eigenvalue weighted by atomic mass is 10.1. The third kappa shape index (κ3) is 4.74. The van der Waals surface area contributed by atoms with Crippen molar-refractivity contribution in [2.45, 2.75) is 12.5 Å². The van der Waals surface area contributed by atoms with Crippen LogP contribution in [-0.2, 0) is 11.2 Å². The van der Waals surface area contributed by atoms with Gasteiger partial charge in [-0.05, 0) is 35.7 Å². The summed E-state index contributed by atoms with van der Waals surface area (Å²) in [7, 11) is 1.69. The SMILES string of the molecule is COCCc1ccccc1NCC(O)c1ccc(Cl)cc1. The predicted molar refractivity (Wildman–Crippen MR) is 86.9 cm³/mol. The lowest BCUT2D eigenvalue weighted by molar-refractivity contribution is 0.191. The highest BCUT2D eigenvalue weighted by molar-refractivity contribution is 6.30. The molecule has 0 radical (unpaired) electrons. The predicted octanol–water partition coefficient (Wildman–Crippen LogP) is 3.67. The van der Waals surface area contributed by atoms with Crippen LogP contribution in [-0.4, -0.2) is 25.4 Å². The van der Waals surface area contributed by atoms with Crippen molar-refractivity contribution < 1.29 is 9.84 Å². The van der Waals surface area contributed by atoms with Crippen LogP contribution in [0.5, 0.6) is 0 Å². The van der Waals surface area contributed by atoms with Gasteiger partial charge in [0.15, 0.2) is 0 Å². The molecule has 1 unspecified atom stereocenters. The quantitative estimate of drug-likeness (QED) is 0.820. The summed E-state index contributed by atoms with van der Waals surface area (Å²) in [6.45, 7) is 1.13. The summed E-state index contributed by atoms with van der Waals surface area (Å²) in [5.41, 5.74) is 3.06. The molecule has 0 bridgehead atoms. The first-order chi connectivity index (χ1) is 10.2. The minimum Gasteiger partial charge on any atom is -0.387 e. The van der Waals surface area contributed by atoms with E-state index in [1.165, 1.54) is 5.56 Å². The Morgan fingerprint density at radius 1 is 1.14 bits per heavy atom. The molecule has 0 spiro atoms. The maximum atomic E-state index is 10.2. The smallest absolute Gasteiger partial charge is 0.0962 e. The van der Waals surface area contributed by atoms with Crippen molar-refractivity contribution in [2.75, 3.05) is 25.6 Å². The molecule has 2 aromatic carbocycles. The summed E-state index contributed by atoms with van der Waals surface area (Å²) in [5.74, 6) is 0. The van der Waals surface area contributed by atoms with Crippen molar-refractivity contribution in [2.24, 2.45) is 0 Å². The van der Waals surface area contributed by atoms with Gasteiger partial charge in [-0.2, -0.15) is 0 Å². The summed E-state index contributed by atoms with van der Waals surface area (Å²) in [4.78, 5) is 0. The highest BCUT2D eigenvalue weighted by atomic mass is 35.5. The molecular weight excluding hydrogens is 286 g/mol. The largest absolute Gasteiger partial charge is 0.387 e. The van der Waals surface area contributed by atoms with E-state index in [0.29, 0.717) is 18.2 Å². The molecule has 0 aliphatic carbocycles. The summed E-state index contributed by atoms with van der Waals surface area (Å²) in [6.07, 6.45) is 0.272. The summed E-state index contributed by atoms with van der Waals surface area (Å²) >= 11 is 5.85. The third-order valence-electron chi connectivity index (χ3n) is 3.33. The van der Waals surface area contributed by atoms with Gasteiger partial charge in [0.25, 0.3) is 0 Å². The van der Waals surface area contributed by atoms with Gasteiger partial charge >= 0.3 is 0 Å². The van der Waals surface area contributed by atoms with Gasteiger partial charge in [-0.1, -0.05) is 41.9 Å². The zero-order chi connectivity index (χ0) is 15.1. The van der Waals surface area contributed by atoms with E-state index in [9.17, 15) is 5.11 Å². The van der Waals surface area contributed by atoms with E-state index < -0.39 is 6.10 Å². The molecule has 112 valence electrons. The van der Waals surface area contributed by atoms with E-state index in [-0.39, 0.29) is 0 Å². The summed E-state index contributed by atoms with van der Waals surface area (Å²) < 4.78 is 5.12. The van der Waals surface area contributed by atoms with Crippen molar-refractivity contribution in [1.82, 2.24) is 0 Å². The Balaban J connectivity index is 1.97. The van der Waals surface area contributed by atoms with Crippen LogP contribution in [0.1, 0.15) is 17.2 Å². The molecule has 2 aromatic rings. The molecule has 0 aliphatic rings. The van der Waals surface area contributed by atoms with Crippen LogP contribution in [0.15, 0.2) is 48.5 Å². The number of ether oxygens (including phenoxy) is 1. The number of hydrogen-bond acceptors (Lipinski definition) is 3. The number of aliphatic hydroxyl groups is 1. The molecule has 0 amide bonds. The second kappa shape index (κ2) is 8.03. The van der Waals surface area contributed by atoms with Crippen LogP contribution >= 0.6 is 11.6 Å². The molecular formula is C17H20ClNO2. The van der Waals surface area contributed by atoms with Gasteiger partial charge in [0.1, 0.15) is 0 Å². The maximum absolute atomic E-state index is 10.2. The van der Waals surface area contributed by atoms with E-state index >= 15 is 0 Å². The standard InChI is InChI=1S/C17H20ClNO2/c1-21-11-10-13-4-2-3-5-16(13)19-12-17(20)14-6-8-15(18)9-7-14/h2-9,17,19-20H,10-12H2,1H3.